The maximum atomic E-state index is 12.1. The molecule has 1 aliphatic rings. The summed E-state index contributed by atoms with van der Waals surface area (Å²) in [5.41, 5.74) is 1.11. The normalized spacial score (nSPS) is 17.0. The van der Waals surface area contributed by atoms with Gasteiger partial charge in [-0.05, 0) is 35.7 Å². The van der Waals surface area contributed by atoms with Crippen LogP contribution in [0.15, 0.2) is 54.6 Å². The number of carbonyl (C=O) groups is 1. The average molecular weight is 413 g/mol. The monoisotopic (exact) mass is 412 g/mol. The van der Waals surface area contributed by atoms with Crippen LogP contribution in [0.1, 0.15) is 19.4 Å². The van der Waals surface area contributed by atoms with E-state index in [1.54, 1.807) is 0 Å². The predicted molar refractivity (Wildman–Crippen MR) is 117 cm³/mol. The second kappa shape index (κ2) is 11.6. The van der Waals surface area contributed by atoms with Gasteiger partial charge in [0.25, 0.3) is 5.91 Å². The van der Waals surface area contributed by atoms with Crippen molar-refractivity contribution in [2.75, 3.05) is 39.4 Å². The molecule has 0 spiro atoms. The third-order valence-electron chi connectivity index (χ3n) is 4.82. The Hall–Kier alpha value is -2.57. The molecule has 1 atom stereocenters. The molecule has 1 amide bonds. The molecule has 0 unspecified atom stereocenters. The van der Waals surface area contributed by atoms with Crippen molar-refractivity contribution >= 4 is 5.91 Å². The number of nitrogens with one attached hydrogen (secondary N) is 1. The second-order valence-electron chi connectivity index (χ2n) is 7.98. The van der Waals surface area contributed by atoms with Gasteiger partial charge in [0.2, 0.25) is 0 Å². The first-order valence-corrected chi connectivity index (χ1v) is 10.6. The Morgan fingerprint density at radius 2 is 1.80 bits per heavy atom. The van der Waals surface area contributed by atoms with Crippen LogP contribution < -0.4 is 14.8 Å². The van der Waals surface area contributed by atoms with Gasteiger partial charge in [-0.3, -0.25) is 9.69 Å². The quantitative estimate of drug-likeness (QED) is 0.650. The van der Waals surface area contributed by atoms with E-state index >= 15 is 0 Å². The minimum Gasteiger partial charge on any atom is -0.489 e. The summed E-state index contributed by atoms with van der Waals surface area (Å²) < 4.78 is 17.1. The highest BCUT2D eigenvalue weighted by atomic mass is 16.5. The van der Waals surface area contributed by atoms with Gasteiger partial charge in [-0.1, -0.05) is 44.2 Å². The molecule has 0 aromatic heterocycles. The van der Waals surface area contributed by atoms with Gasteiger partial charge in [0.1, 0.15) is 18.1 Å². The highest BCUT2D eigenvalue weighted by Crippen LogP contribution is 2.18. The van der Waals surface area contributed by atoms with E-state index in [0.717, 1.165) is 30.9 Å². The summed E-state index contributed by atoms with van der Waals surface area (Å²) in [5, 5.41) is 2.91. The number of benzene rings is 2. The number of hydrogen-bond donors (Lipinski definition) is 1. The molecule has 1 fully saturated rings. The van der Waals surface area contributed by atoms with E-state index in [1.807, 2.05) is 54.6 Å². The second-order valence-corrected chi connectivity index (χ2v) is 7.98. The fraction of sp³-hybridized carbons (Fsp3) is 0.458. The molecule has 30 heavy (non-hydrogen) atoms. The van der Waals surface area contributed by atoms with E-state index < -0.39 is 0 Å². The van der Waals surface area contributed by atoms with Crippen molar-refractivity contribution in [3.05, 3.63) is 60.2 Å². The van der Waals surface area contributed by atoms with Crippen LogP contribution in [0.3, 0.4) is 0 Å². The Morgan fingerprint density at radius 1 is 1.10 bits per heavy atom. The first-order valence-electron chi connectivity index (χ1n) is 10.6. The standard InChI is InChI=1S/C24H32N2O4/c1-19(2)15-26-12-13-28-23(16-26)14-25-24(27)18-30-22-10-8-21(9-11-22)29-17-20-6-4-3-5-7-20/h3-11,19,23H,12-18H2,1-2H3,(H,25,27)/t23-/m0/s1. The van der Waals surface area contributed by atoms with Crippen molar-refractivity contribution in [3.8, 4) is 11.5 Å². The Kier molecular flexibility index (Phi) is 8.53. The molecular formula is C24H32N2O4. The molecule has 2 aromatic carbocycles. The zero-order chi connectivity index (χ0) is 21.2. The highest BCUT2D eigenvalue weighted by molar-refractivity contribution is 5.77. The van der Waals surface area contributed by atoms with Crippen molar-refractivity contribution in [2.24, 2.45) is 5.92 Å². The SMILES string of the molecule is CC(C)CN1CCO[C@@H](CNC(=O)COc2ccc(OCc3ccccc3)cc2)C1. The maximum Gasteiger partial charge on any atom is 0.258 e. The van der Waals surface area contributed by atoms with E-state index in [-0.39, 0.29) is 18.6 Å². The largest absolute Gasteiger partial charge is 0.489 e. The molecule has 3 rings (SSSR count). The summed E-state index contributed by atoms with van der Waals surface area (Å²) in [7, 11) is 0. The molecule has 1 heterocycles. The van der Waals surface area contributed by atoms with Gasteiger partial charge in [0.15, 0.2) is 6.61 Å². The van der Waals surface area contributed by atoms with Gasteiger partial charge >= 0.3 is 0 Å². The third-order valence-corrected chi connectivity index (χ3v) is 4.82. The van der Waals surface area contributed by atoms with Crippen molar-refractivity contribution in [3.63, 3.8) is 0 Å². The van der Waals surface area contributed by atoms with Gasteiger partial charge in [-0.15, -0.1) is 0 Å². The van der Waals surface area contributed by atoms with E-state index in [1.165, 1.54) is 0 Å². The van der Waals surface area contributed by atoms with Crippen LogP contribution in [0.2, 0.25) is 0 Å². The lowest BCUT2D eigenvalue weighted by Crippen LogP contribution is -2.48. The Bertz CT molecular complexity index is 765. The Morgan fingerprint density at radius 3 is 2.50 bits per heavy atom. The van der Waals surface area contributed by atoms with E-state index in [9.17, 15) is 4.79 Å². The van der Waals surface area contributed by atoms with Crippen LogP contribution in [0, 0.1) is 5.92 Å². The minimum absolute atomic E-state index is 0.0212. The maximum absolute atomic E-state index is 12.1. The predicted octanol–water partition coefficient (Wildman–Crippen LogP) is 3.12. The molecule has 0 radical (unpaired) electrons. The summed E-state index contributed by atoms with van der Waals surface area (Å²) in [6.07, 6.45) is 0.0301. The van der Waals surface area contributed by atoms with Crippen LogP contribution in [0.25, 0.3) is 0 Å². The van der Waals surface area contributed by atoms with Gasteiger partial charge in [-0.25, -0.2) is 0 Å². The molecule has 1 N–H and O–H groups in total. The molecular weight excluding hydrogens is 380 g/mol. The molecule has 1 aliphatic heterocycles. The highest BCUT2D eigenvalue weighted by Gasteiger charge is 2.21. The molecule has 0 aliphatic carbocycles. The van der Waals surface area contributed by atoms with Gasteiger partial charge in [0, 0.05) is 26.2 Å². The van der Waals surface area contributed by atoms with Gasteiger partial charge in [0.05, 0.1) is 12.7 Å². The first kappa shape index (κ1) is 22.1. The summed E-state index contributed by atoms with van der Waals surface area (Å²) in [4.78, 5) is 14.5. The molecule has 1 saturated heterocycles. The number of amides is 1. The Labute approximate surface area is 179 Å². The molecule has 0 saturated carbocycles. The van der Waals surface area contributed by atoms with E-state index in [2.05, 4.69) is 24.1 Å². The molecule has 2 aromatic rings. The molecule has 0 bridgehead atoms. The summed E-state index contributed by atoms with van der Waals surface area (Å²) in [5.74, 6) is 1.87. The lowest BCUT2D eigenvalue weighted by molar-refractivity contribution is -0.124. The van der Waals surface area contributed by atoms with Crippen molar-refractivity contribution in [1.29, 1.82) is 0 Å². The third kappa shape index (κ3) is 7.69. The van der Waals surface area contributed by atoms with Crippen molar-refractivity contribution in [1.82, 2.24) is 10.2 Å². The number of hydrogen-bond acceptors (Lipinski definition) is 5. The summed E-state index contributed by atoms with van der Waals surface area (Å²) >= 11 is 0. The minimum atomic E-state index is -0.149. The van der Waals surface area contributed by atoms with Crippen molar-refractivity contribution < 1.29 is 19.0 Å². The molecule has 6 heteroatoms. The number of ether oxygens (including phenoxy) is 3. The fourth-order valence-electron chi connectivity index (χ4n) is 3.39. The van der Waals surface area contributed by atoms with E-state index in [0.29, 0.717) is 31.4 Å². The van der Waals surface area contributed by atoms with Crippen LogP contribution in [0.5, 0.6) is 11.5 Å². The van der Waals surface area contributed by atoms with Crippen LogP contribution in [-0.4, -0.2) is 56.3 Å². The van der Waals surface area contributed by atoms with Crippen molar-refractivity contribution in [2.45, 2.75) is 26.6 Å². The topological polar surface area (TPSA) is 60.0 Å². The molecule has 6 nitrogen and oxygen atoms in total. The summed E-state index contributed by atoms with van der Waals surface area (Å²) in [6.45, 7) is 9.00. The van der Waals surface area contributed by atoms with Crippen LogP contribution in [0.4, 0.5) is 0 Å². The van der Waals surface area contributed by atoms with Crippen LogP contribution in [-0.2, 0) is 16.1 Å². The summed E-state index contributed by atoms with van der Waals surface area (Å²) in [6, 6.07) is 17.3. The molecule has 162 valence electrons. The number of morpholine rings is 1. The number of rotatable bonds is 10. The zero-order valence-electron chi connectivity index (χ0n) is 17.9. The fourth-order valence-corrected chi connectivity index (χ4v) is 3.39. The zero-order valence-corrected chi connectivity index (χ0v) is 17.9. The van der Waals surface area contributed by atoms with Crippen LogP contribution >= 0.6 is 0 Å². The lowest BCUT2D eigenvalue weighted by Gasteiger charge is -2.33. The average Bonchev–Trinajstić information content (AvgIpc) is 2.76. The number of nitrogens with zero attached hydrogens (tertiary/aromatic N) is 1. The van der Waals surface area contributed by atoms with Gasteiger partial charge < -0.3 is 19.5 Å². The smallest absolute Gasteiger partial charge is 0.258 e. The van der Waals surface area contributed by atoms with Gasteiger partial charge in [-0.2, -0.15) is 0 Å². The Balaban J connectivity index is 1.34. The lowest BCUT2D eigenvalue weighted by atomic mass is 10.2. The first-order chi connectivity index (χ1) is 14.6. The van der Waals surface area contributed by atoms with E-state index in [4.69, 9.17) is 14.2 Å². The number of carbonyl (C=O) groups excluding carboxylic acids is 1.